The van der Waals surface area contributed by atoms with Crippen LogP contribution in [0.15, 0.2) is 0 Å². The van der Waals surface area contributed by atoms with Crippen molar-refractivity contribution < 1.29 is 0 Å². The molecular weight excluding hydrogens is 392 g/mol. The molecule has 0 aromatic heterocycles. The Balaban J connectivity index is 3.28. The maximum atomic E-state index is 6.11. The van der Waals surface area contributed by atoms with Crippen molar-refractivity contribution in [2.45, 2.75) is 15.2 Å². The first-order valence-corrected chi connectivity index (χ1v) is 18.5. The van der Waals surface area contributed by atoms with Crippen molar-refractivity contribution in [2.75, 3.05) is 0 Å². The van der Waals surface area contributed by atoms with Gasteiger partial charge in [0.15, 0.2) is 0 Å². The first-order chi connectivity index (χ1) is 3.92. The molecule has 0 aromatic rings. The molecule has 0 bridgehead atoms. The molecule has 0 nitrogen and oxygen atoms in total. The Hall–Kier alpha value is 2.47. The van der Waals surface area contributed by atoms with Crippen molar-refractivity contribution in [3.63, 3.8) is 0 Å². The van der Waals surface area contributed by atoms with Gasteiger partial charge in [-0.15, -0.1) is 0 Å². The fourth-order valence-corrected chi connectivity index (χ4v) is 24.8. The van der Waals surface area contributed by atoms with Crippen LogP contribution in [0.4, 0.5) is 0 Å². The van der Waals surface area contributed by atoms with Crippen molar-refractivity contribution in [3.05, 3.63) is 0 Å². The summed E-state index contributed by atoms with van der Waals surface area (Å²) in [5, 5.41) is 0. The Bertz CT molecular complexity index is 78.4. The van der Waals surface area contributed by atoms with Gasteiger partial charge in [0.1, 0.15) is 0 Å². The molecule has 0 aliphatic rings. The first-order valence-electron chi connectivity index (χ1n) is 2.62. The van der Waals surface area contributed by atoms with E-state index < -0.39 is 38.4 Å². The standard InChI is InChI=1S/CHCl2.2CH3.CH2.ClH.2Sn/c2-1-3;;;;;;/h1H;2*1H3;1H2;1H;;/q;;;;;;+1/p-1. The van der Waals surface area contributed by atoms with Crippen LogP contribution in [0.3, 0.4) is 0 Å². The molecule has 54 valence electrons. The summed E-state index contributed by atoms with van der Waals surface area (Å²) in [7, 11) is 6.11. The van der Waals surface area contributed by atoms with E-state index in [0.29, 0.717) is 0 Å². The molecule has 0 atom stereocenters. The summed E-state index contributed by atoms with van der Waals surface area (Å²) < 4.78 is 1.18. The summed E-state index contributed by atoms with van der Waals surface area (Å²) in [5.74, 6) is 0. The summed E-state index contributed by atoms with van der Waals surface area (Å²) in [4.78, 5) is 4.40. The Morgan fingerprint density at radius 3 is 2.00 bits per heavy atom. The number of hydrogen-bond donors (Lipinski definition) is 0. The van der Waals surface area contributed by atoms with Gasteiger partial charge in [-0.1, -0.05) is 0 Å². The molecule has 9 heavy (non-hydrogen) atoms. The van der Waals surface area contributed by atoms with Gasteiger partial charge in [0.25, 0.3) is 0 Å². The Labute approximate surface area is 84.4 Å². The van der Waals surface area contributed by atoms with E-state index in [4.69, 9.17) is 32.1 Å². The van der Waals surface area contributed by atoms with Crippen LogP contribution < -0.4 is 0 Å². The predicted molar refractivity (Wildman–Crippen MR) is 49.4 cm³/mol. The molecule has 0 amide bonds. The summed E-state index contributed by atoms with van der Waals surface area (Å²) >= 11 is 8.70. The average molecular weight is 401 g/mol. The van der Waals surface area contributed by atoms with E-state index in [2.05, 4.69) is 9.88 Å². The third-order valence-corrected chi connectivity index (χ3v) is 32.6. The van der Waals surface area contributed by atoms with Crippen molar-refractivity contribution >= 4 is 70.5 Å². The van der Waals surface area contributed by atoms with E-state index in [1.54, 1.807) is 0 Å². The molecule has 0 fully saturated rings. The van der Waals surface area contributed by atoms with Gasteiger partial charge in [0.05, 0.1) is 0 Å². The zero-order chi connectivity index (χ0) is 7.49. The Morgan fingerprint density at radius 2 is 1.89 bits per heavy atom. The van der Waals surface area contributed by atoms with Crippen LogP contribution in [0, 0.1) is 0 Å². The molecule has 0 N–H and O–H groups in total. The SMILES string of the molecule is [CH3][Sn]([CH3])([Cl])[CH2][Sn][CH](Cl)Cl. The van der Waals surface area contributed by atoms with E-state index in [1.165, 1.54) is 2.45 Å². The zero-order valence-corrected chi connectivity index (χ0v) is 13.4. The number of alkyl halides is 2. The molecule has 0 aromatic carbocycles. The third kappa shape index (κ3) is 10.5. The average Bonchev–Trinajstić information content (AvgIpc) is 1.59. The second-order valence-corrected chi connectivity index (χ2v) is 32.9. The van der Waals surface area contributed by atoms with Crippen molar-refractivity contribution in [2.24, 2.45) is 0 Å². The van der Waals surface area contributed by atoms with Gasteiger partial charge in [0, 0.05) is 0 Å². The first kappa shape index (κ1) is 11.5. The quantitative estimate of drug-likeness (QED) is 0.505. The minimum absolute atomic E-state index is 0.0525. The molecule has 0 spiro atoms. The Morgan fingerprint density at radius 1 is 1.44 bits per heavy atom. The molecular formula is C4H9Cl3Sn2. The number of halogens is 3. The summed E-state index contributed by atoms with van der Waals surface area (Å²) in [6, 6.07) is 0. The number of hydrogen-bond acceptors (Lipinski definition) is 0. The van der Waals surface area contributed by atoms with Gasteiger partial charge in [0.2, 0.25) is 0 Å². The van der Waals surface area contributed by atoms with Crippen LogP contribution in [0.2, 0.25) is 12.3 Å². The molecule has 0 aliphatic carbocycles. The summed E-state index contributed by atoms with van der Waals surface area (Å²) in [6.07, 6.45) is 0. The van der Waals surface area contributed by atoms with Crippen LogP contribution in [-0.2, 0) is 0 Å². The molecule has 2 radical (unpaired) electrons. The topological polar surface area (TPSA) is 0 Å². The predicted octanol–water partition coefficient (Wildman–Crippen LogP) is 2.85. The second kappa shape index (κ2) is 5.17. The molecule has 0 saturated heterocycles. The number of rotatable bonds is 3. The van der Waals surface area contributed by atoms with E-state index in [1.807, 2.05) is 0 Å². The fraction of sp³-hybridized carbons (Fsp3) is 1.00. The van der Waals surface area contributed by atoms with E-state index >= 15 is 0 Å². The molecule has 0 aliphatic heterocycles. The molecule has 0 heterocycles. The maximum absolute atomic E-state index is 6.11. The van der Waals surface area contributed by atoms with Crippen LogP contribution >= 0.6 is 32.1 Å². The van der Waals surface area contributed by atoms with Gasteiger partial charge in [-0.2, -0.15) is 0 Å². The summed E-state index contributed by atoms with van der Waals surface area (Å²) in [6.45, 7) is 0. The normalized spacial score (nSPS) is 12.7. The van der Waals surface area contributed by atoms with Crippen molar-refractivity contribution in [1.82, 2.24) is 0 Å². The van der Waals surface area contributed by atoms with Crippen LogP contribution in [0.5, 0.6) is 0 Å². The summed E-state index contributed by atoms with van der Waals surface area (Å²) in [5.41, 5.74) is 0. The molecule has 0 unspecified atom stereocenters. The fourth-order valence-electron chi connectivity index (χ4n) is 0.320. The molecule has 0 rings (SSSR count). The van der Waals surface area contributed by atoms with Gasteiger partial charge in [-0.25, -0.2) is 0 Å². The van der Waals surface area contributed by atoms with E-state index in [-0.39, 0.29) is 2.85 Å². The monoisotopic (exact) mass is 402 g/mol. The van der Waals surface area contributed by atoms with Crippen molar-refractivity contribution in [1.29, 1.82) is 0 Å². The van der Waals surface area contributed by atoms with Gasteiger partial charge < -0.3 is 0 Å². The van der Waals surface area contributed by atoms with E-state index in [0.717, 1.165) is 0 Å². The third-order valence-electron chi connectivity index (χ3n) is 0.677. The van der Waals surface area contributed by atoms with Crippen LogP contribution in [0.1, 0.15) is 0 Å². The van der Waals surface area contributed by atoms with Crippen molar-refractivity contribution in [3.8, 4) is 0 Å². The molecule has 5 heteroatoms. The van der Waals surface area contributed by atoms with Crippen LogP contribution in [0.25, 0.3) is 0 Å². The second-order valence-electron chi connectivity index (χ2n) is 2.40. The zero-order valence-electron chi connectivity index (χ0n) is 5.42. The Kier molecular flexibility index (Phi) is 6.59. The molecule has 0 saturated carbocycles. The van der Waals surface area contributed by atoms with Gasteiger partial charge in [-0.05, 0) is 0 Å². The van der Waals surface area contributed by atoms with E-state index in [9.17, 15) is 0 Å². The minimum atomic E-state index is -1.98. The van der Waals surface area contributed by atoms with Gasteiger partial charge >= 0.3 is 85.7 Å². The van der Waals surface area contributed by atoms with Crippen LogP contribution in [-0.4, -0.2) is 41.2 Å². The van der Waals surface area contributed by atoms with Gasteiger partial charge in [-0.3, -0.25) is 0 Å².